The normalized spacial score (nSPS) is 15.1. The first-order valence-corrected chi connectivity index (χ1v) is 11.0. The number of fused-ring (bicyclic) bond motifs is 1. The molecule has 1 aromatic heterocycles. The summed E-state index contributed by atoms with van der Waals surface area (Å²) in [5, 5.41) is 3.92. The van der Waals surface area contributed by atoms with Gasteiger partial charge in [0.25, 0.3) is 5.91 Å². The van der Waals surface area contributed by atoms with Gasteiger partial charge < -0.3 is 15.0 Å². The molecule has 31 heavy (non-hydrogen) atoms. The average Bonchev–Trinajstić information content (AvgIpc) is 3.29. The van der Waals surface area contributed by atoms with E-state index in [4.69, 9.17) is 17.0 Å². The van der Waals surface area contributed by atoms with Gasteiger partial charge in [-0.3, -0.25) is 14.5 Å². The van der Waals surface area contributed by atoms with Crippen molar-refractivity contribution in [2.45, 2.75) is 6.42 Å². The van der Waals surface area contributed by atoms with Crippen LogP contribution in [0.15, 0.2) is 59.6 Å². The minimum Gasteiger partial charge on any atom is -0.497 e. The zero-order valence-corrected chi connectivity index (χ0v) is 18.5. The highest BCUT2D eigenvalue weighted by Crippen LogP contribution is 2.32. The van der Waals surface area contributed by atoms with E-state index < -0.39 is 0 Å². The van der Waals surface area contributed by atoms with Gasteiger partial charge in [0.15, 0.2) is 0 Å². The van der Waals surface area contributed by atoms with Crippen molar-refractivity contribution in [1.82, 2.24) is 15.2 Å². The van der Waals surface area contributed by atoms with Gasteiger partial charge in [-0.1, -0.05) is 54.3 Å². The monoisotopic (exact) mass is 451 g/mol. The maximum absolute atomic E-state index is 12.8. The van der Waals surface area contributed by atoms with E-state index in [1.54, 1.807) is 13.2 Å². The molecule has 2 aromatic carbocycles. The van der Waals surface area contributed by atoms with E-state index in [1.807, 2.05) is 54.7 Å². The molecule has 0 saturated carbocycles. The number of H-pyrrole nitrogens is 1. The van der Waals surface area contributed by atoms with Gasteiger partial charge in [-0.25, -0.2) is 0 Å². The zero-order chi connectivity index (χ0) is 21.8. The topological polar surface area (TPSA) is 74.4 Å². The van der Waals surface area contributed by atoms with Crippen LogP contribution >= 0.6 is 24.0 Å². The van der Waals surface area contributed by atoms with Crippen molar-refractivity contribution < 1.29 is 14.3 Å². The molecule has 0 spiro atoms. The number of carbonyl (C=O) groups is 2. The van der Waals surface area contributed by atoms with Gasteiger partial charge in [-0.2, -0.15) is 0 Å². The molecule has 8 heteroatoms. The molecule has 0 radical (unpaired) electrons. The molecule has 1 aliphatic rings. The Hall–Kier alpha value is -3.10. The van der Waals surface area contributed by atoms with Crippen molar-refractivity contribution in [1.29, 1.82) is 0 Å². The van der Waals surface area contributed by atoms with E-state index >= 15 is 0 Å². The highest BCUT2D eigenvalue weighted by molar-refractivity contribution is 8.26. The smallest absolute Gasteiger partial charge is 0.266 e. The standard InChI is InChI=1S/C23H21N3O3S2/c1-29-17-6-4-5-15(11-17)12-20-22(28)26(23(30)31-20)10-9-24-21(27)13-16-14-25-19-8-3-2-7-18(16)19/h2-8,11-12,14,25H,9-10,13H2,1H3,(H,24,27)/b20-12+. The van der Waals surface area contributed by atoms with E-state index in [9.17, 15) is 9.59 Å². The third-order valence-electron chi connectivity index (χ3n) is 4.95. The molecular formula is C23H21N3O3S2. The van der Waals surface area contributed by atoms with E-state index in [2.05, 4.69) is 10.3 Å². The number of benzene rings is 2. The van der Waals surface area contributed by atoms with Gasteiger partial charge in [-0.05, 0) is 35.4 Å². The summed E-state index contributed by atoms with van der Waals surface area (Å²) >= 11 is 6.64. The van der Waals surface area contributed by atoms with Gasteiger partial charge in [-0.15, -0.1) is 0 Å². The average molecular weight is 452 g/mol. The third kappa shape index (κ3) is 4.81. The Kier molecular flexibility index (Phi) is 6.39. The molecule has 0 bridgehead atoms. The summed E-state index contributed by atoms with van der Waals surface area (Å²) in [6, 6.07) is 15.3. The van der Waals surface area contributed by atoms with Gasteiger partial charge in [0, 0.05) is 30.2 Å². The molecule has 1 aliphatic heterocycles. The molecule has 1 saturated heterocycles. The summed E-state index contributed by atoms with van der Waals surface area (Å²) in [6.07, 6.45) is 3.94. The Balaban J connectivity index is 1.33. The Bertz CT molecular complexity index is 1190. The summed E-state index contributed by atoms with van der Waals surface area (Å²) in [7, 11) is 1.60. The fourth-order valence-electron chi connectivity index (χ4n) is 3.40. The first-order valence-electron chi connectivity index (χ1n) is 9.76. The zero-order valence-electron chi connectivity index (χ0n) is 16.9. The number of rotatable bonds is 7. The number of nitrogens with zero attached hydrogens (tertiary/aromatic N) is 1. The largest absolute Gasteiger partial charge is 0.497 e. The summed E-state index contributed by atoms with van der Waals surface area (Å²) in [5.74, 6) is 0.480. The van der Waals surface area contributed by atoms with Crippen LogP contribution < -0.4 is 10.1 Å². The van der Waals surface area contributed by atoms with Gasteiger partial charge in [0.2, 0.25) is 5.91 Å². The SMILES string of the molecule is COc1cccc(/C=C2/SC(=S)N(CCNC(=O)Cc3c[nH]c4ccccc34)C2=O)c1. The molecular weight excluding hydrogens is 430 g/mol. The van der Waals surface area contributed by atoms with Crippen molar-refractivity contribution in [3.63, 3.8) is 0 Å². The number of carbonyl (C=O) groups excluding carboxylic acids is 2. The highest BCUT2D eigenvalue weighted by atomic mass is 32.2. The Labute approximate surface area is 189 Å². The van der Waals surface area contributed by atoms with Crippen LogP contribution in [0.2, 0.25) is 0 Å². The molecule has 2 heterocycles. The van der Waals surface area contributed by atoms with Crippen LogP contribution in [-0.4, -0.2) is 46.2 Å². The van der Waals surface area contributed by atoms with Crippen LogP contribution in [0.4, 0.5) is 0 Å². The number of amides is 2. The molecule has 1 fully saturated rings. The molecule has 2 amide bonds. The predicted molar refractivity (Wildman–Crippen MR) is 128 cm³/mol. The van der Waals surface area contributed by atoms with Crippen molar-refractivity contribution in [2.75, 3.05) is 20.2 Å². The van der Waals surface area contributed by atoms with E-state index in [1.165, 1.54) is 16.7 Å². The molecule has 6 nitrogen and oxygen atoms in total. The summed E-state index contributed by atoms with van der Waals surface area (Å²) in [5.41, 5.74) is 2.82. The van der Waals surface area contributed by atoms with Gasteiger partial charge in [0.05, 0.1) is 18.4 Å². The van der Waals surface area contributed by atoms with Gasteiger partial charge in [0.1, 0.15) is 10.1 Å². The first-order chi connectivity index (χ1) is 15.0. The van der Waals surface area contributed by atoms with Crippen LogP contribution in [0.25, 0.3) is 17.0 Å². The van der Waals surface area contributed by atoms with Crippen LogP contribution in [-0.2, 0) is 16.0 Å². The Morgan fingerprint density at radius 2 is 2.10 bits per heavy atom. The first kappa shape index (κ1) is 21.1. The summed E-state index contributed by atoms with van der Waals surface area (Å²) in [4.78, 5) is 30.4. The summed E-state index contributed by atoms with van der Waals surface area (Å²) in [6.45, 7) is 0.666. The molecule has 0 atom stereocenters. The number of nitrogens with one attached hydrogen (secondary N) is 2. The number of thioether (sulfide) groups is 1. The fraction of sp³-hybridized carbons (Fsp3) is 0.174. The maximum atomic E-state index is 12.8. The van der Waals surface area contributed by atoms with Crippen molar-refractivity contribution in [3.8, 4) is 5.75 Å². The quantitative estimate of drug-likeness (QED) is 0.423. The molecule has 0 aliphatic carbocycles. The second-order valence-electron chi connectivity index (χ2n) is 7.00. The Morgan fingerprint density at radius 1 is 1.26 bits per heavy atom. The fourth-order valence-corrected chi connectivity index (χ4v) is 4.70. The summed E-state index contributed by atoms with van der Waals surface area (Å²) < 4.78 is 5.72. The minimum atomic E-state index is -0.149. The lowest BCUT2D eigenvalue weighted by Gasteiger charge is -2.14. The molecule has 4 rings (SSSR count). The number of methoxy groups -OCH3 is 1. The van der Waals surface area contributed by atoms with Gasteiger partial charge >= 0.3 is 0 Å². The molecule has 3 aromatic rings. The Morgan fingerprint density at radius 3 is 2.94 bits per heavy atom. The third-order valence-corrected chi connectivity index (χ3v) is 6.33. The van der Waals surface area contributed by atoms with E-state index in [0.29, 0.717) is 22.3 Å². The molecule has 2 N–H and O–H groups in total. The number of para-hydroxylation sites is 1. The number of thiocarbonyl (C=S) groups is 1. The number of hydrogen-bond acceptors (Lipinski definition) is 5. The predicted octanol–water partition coefficient (Wildman–Crippen LogP) is 3.74. The molecule has 0 unspecified atom stereocenters. The highest BCUT2D eigenvalue weighted by Gasteiger charge is 2.31. The van der Waals surface area contributed by atoms with Crippen LogP contribution in [0, 0.1) is 0 Å². The maximum Gasteiger partial charge on any atom is 0.266 e. The van der Waals surface area contributed by atoms with E-state index in [-0.39, 0.29) is 18.2 Å². The lowest BCUT2D eigenvalue weighted by molar-refractivity contribution is -0.123. The lowest BCUT2D eigenvalue weighted by Crippen LogP contribution is -2.37. The second kappa shape index (κ2) is 9.36. The van der Waals surface area contributed by atoms with E-state index in [0.717, 1.165) is 27.8 Å². The van der Waals surface area contributed by atoms with Crippen LogP contribution in [0.1, 0.15) is 11.1 Å². The van der Waals surface area contributed by atoms with Crippen molar-refractivity contribution in [3.05, 3.63) is 70.8 Å². The number of aromatic nitrogens is 1. The second-order valence-corrected chi connectivity index (χ2v) is 8.67. The minimum absolute atomic E-state index is 0.0953. The number of hydrogen-bond donors (Lipinski definition) is 2. The van der Waals surface area contributed by atoms with Crippen molar-refractivity contribution in [2.24, 2.45) is 0 Å². The number of ether oxygens (including phenoxy) is 1. The molecule has 158 valence electrons. The number of aromatic amines is 1. The lowest BCUT2D eigenvalue weighted by atomic mass is 10.1. The van der Waals surface area contributed by atoms with Crippen molar-refractivity contribution >= 4 is 57.1 Å². The van der Waals surface area contributed by atoms with Crippen LogP contribution in [0.5, 0.6) is 5.75 Å². The van der Waals surface area contributed by atoms with Crippen LogP contribution in [0.3, 0.4) is 0 Å².